The Bertz CT molecular complexity index is 1190. The second-order valence-corrected chi connectivity index (χ2v) is 10.5. The van der Waals surface area contributed by atoms with Gasteiger partial charge in [-0.1, -0.05) is 42.5 Å². The molecule has 3 fully saturated rings. The van der Waals surface area contributed by atoms with Crippen LogP contribution in [0.5, 0.6) is 5.75 Å². The van der Waals surface area contributed by atoms with E-state index in [0.717, 1.165) is 17.5 Å². The highest BCUT2D eigenvalue weighted by atomic mass is 16.3. The Balaban J connectivity index is 1.46. The maximum absolute atomic E-state index is 13.8. The first kappa shape index (κ1) is 25.8. The molecule has 0 radical (unpaired) electrons. The quantitative estimate of drug-likeness (QED) is 0.567. The normalized spacial score (nSPS) is 26.5. The number of nitrogens with zero attached hydrogens (tertiary/aromatic N) is 2. The van der Waals surface area contributed by atoms with Gasteiger partial charge in [0.25, 0.3) is 0 Å². The number of carbonyl (C=O) groups excluding carboxylic acids is 4. The Morgan fingerprint density at radius 3 is 2.08 bits per heavy atom. The van der Waals surface area contributed by atoms with E-state index in [9.17, 15) is 24.3 Å². The van der Waals surface area contributed by atoms with Crippen molar-refractivity contribution < 1.29 is 24.3 Å². The van der Waals surface area contributed by atoms with E-state index in [0.29, 0.717) is 38.8 Å². The van der Waals surface area contributed by atoms with Crippen LogP contribution in [0.25, 0.3) is 0 Å². The molecule has 4 unspecified atom stereocenters. The molecule has 0 bridgehead atoms. The zero-order chi connectivity index (χ0) is 26.6. The van der Waals surface area contributed by atoms with Gasteiger partial charge in [-0.3, -0.25) is 19.2 Å². The van der Waals surface area contributed by atoms with Gasteiger partial charge in [-0.2, -0.15) is 0 Å². The maximum atomic E-state index is 13.8. The molecule has 4 amide bonds. The Morgan fingerprint density at radius 1 is 0.737 bits per heavy atom. The zero-order valence-electron chi connectivity index (χ0n) is 21.3. The Kier molecular flexibility index (Phi) is 7.62. The van der Waals surface area contributed by atoms with Crippen molar-refractivity contribution in [1.82, 2.24) is 20.4 Å². The predicted octanol–water partition coefficient (Wildman–Crippen LogP) is 1.53. The van der Waals surface area contributed by atoms with E-state index in [1.807, 2.05) is 30.3 Å². The lowest BCUT2D eigenvalue weighted by Crippen LogP contribution is -2.56. The van der Waals surface area contributed by atoms with Crippen molar-refractivity contribution in [2.45, 2.75) is 69.1 Å². The van der Waals surface area contributed by atoms with Gasteiger partial charge in [-0.15, -0.1) is 0 Å². The number of hydrogen-bond donors (Lipinski definition) is 3. The lowest BCUT2D eigenvalue weighted by Gasteiger charge is -2.32. The van der Waals surface area contributed by atoms with E-state index >= 15 is 0 Å². The summed E-state index contributed by atoms with van der Waals surface area (Å²) in [4.78, 5) is 57.5. The topological polar surface area (TPSA) is 119 Å². The van der Waals surface area contributed by atoms with Crippen LogP contribution in [0, 0.1) is 0 Å². The summed E-state index contributed by atoms with van der Waals surface area (Å²) in [6, 6.07) is 13.5. The van der Waals surface area contributed by atoms with Crippen molar-refractivity contribution in [3.05, 3.63) is 65.7 Å². The minimum atomic E-state index is -0.872. The number of fused-ring (bicyclic) bond motifs is 2. The molecule has 2 aromatic rings. The van der Waals surface area contributed by atoms with Crippen molar-refractivity contribution >= 4 is 23.6 Å². The first-order valence-corrected chi connectivity index (χ1v) is 13.4. The first-order valence-electron chi connectivity index (χ1n) is 13.4. The SMILES string of the molecule is O=C1CC(Cc2ccccc2)NC(=O)C2CCCN2C(=O)C2CCCN2C(=O)C(Cc2ccc(O)cc2)N1. The summed E-state index contributed by atoms with van der Waals surface area (Å²) < 4.78 is 0. The molecule has 9 heteroatoms. The predicted molar refractivity (Wildman–Crippen MR) is 140 cm³/mol. The number of nitrogens with one attached hydrogen (secondary N) is 2. The van der Waals surface area contributed by atoms with Gasteiger partial charge >= 0.3 is 0 Å². The highest BCUT2D eigenvalue weighted by Gasteiger charge is 2.44. The Morgan fingerprint density at radius 2 is 1.37 bits per heavy atom. The zero-order valence-corrected chi connectivity index (χ0v) is 21.3. The third-order valence-corrected chi connectivity index (χ3v) is 7.77. The van der Waals surface area contributed by atoms with Gasteiger partial charge in [-0.25, -0.2) is 0 Å². The highest BCUT2D eigenvalue weighted by molar-refractivity contribution is 5.95. The molecule has 3 N–H and O–H groups in total. The van der Waals surface area contributed by atoms with E-state index in [1.54, 1.807) is 34.1 Å². The Labute approximate surface area is 222 Å². The molecule has 3 saturated heterocycles. The summed E-state index contributed by atoms with van der Waals surface area (Å²) in [5.74, 6) is -0.963. The molecule has 3 heterocycles. The molecular weight excluding hydrogens is 484 g/mol. The highest BCUT2D eigenvalue weighted by Crippen LogP contribution is 2.27. The van der Waals surface area contributed by atoms with E-state index in [2.05, 4.69) is 10.6 Å². The molecule has 0 spiro atoms. The smallest absolute Gasteiger partial charge is 0.246 e. The van der Waals surface area contributed by atoms with Crippen LogP contribution in [-0.4, -0.2) is 75.8 Å². The first-order chi connectivity index (χ1) is 18.4. The molecule has 4 atom stereocenters. The lowest BCUT2D eigenvalue weighted by atomic mass is 10.0. The molecule has 200 valence electrons. The summed E-state index contributed by atoms with van der Waals surface area (Å²) >= 11 is 0. The number of phenols is 1. The standard InChI is InChI=1S/C29H34N4O5/c34-22-12-10-20(11-13-22)17-23-28(37)33-15-5-9-25(33)29(38)32-14-4-8-24(32)27(36)30-21(18-26(35)31-23)16-19-6-2-1-3-7-19/h1-3,6-7,10-13,21,23-25,34H,4-5,8-9,14-18H2,(H,30,36)(H,31,35). The van der Waals surface area contributed by atoms with Gasteiger partial charge in [-0.05, 0) is 55.4 Å². The molecule has 2 aromatic carbocycles. The monoisotopic (exact) mass is 518 g/mol. The van der Waals surface area contributed by atoms with E-state index in [1.165, 1.54) is 0 Å². The van der Waals surface area contributed by atoms with Gasteiger partial charge in [0.05, 0.1) is 0 Å². The third-order valence-electron chi connectivity index (χ3n) is 7.77. The van der Waals surface area contributed by atoms with Crippen molar-refractivity contribution in [1.29, 1.82) is 0 Å². The summed E-state index contributed by atoms with van der Waals surface area (Å²) in [6.07, 6.45) is 3.18. The second kappa shape index (κ2) is 11.2. The van der Waals surface area contributed by atoms with Crippen molar-refractivity contribution in [2.24, 2.45) is 0 Å². The number of rotatable bonds is 4. The minimum absolute atomic E-state index is 0.00405. The summed E-state index contributed by atoms with van der Waals surface area (Å²) in [5.41, 5.74) is 1.76. The number of phenolic OH excluding ortho intramolecular Hbond substituents is 1. The summed E-state index contributed by atoms with van der Waals surface area (Å²) in [7, 11) is 0. The minimum Gasteiger partial charge on any atom is -0.508 e. The molecule has 0 aliphatic carbocycles. The number of benzene rings is 2. The van der Waals surface area contributed by atoms with Gasteiger partial charge in [0.2, 0.25) is 23.6 Å². The number of hydrogen-bond acceptors (Lipinski definition) is 5. The van der Waals surface area contributed by atoms with Crippen molar-refractivity contribution in [2.75, 3.05) is 13.1 Å². The second-order valence-electron chi connectivity index (χ2n) is 10.5. The summed E-state index contributed by atoms with van der Waals surface area (Å²) in [5, 5.41) is 15.6. The van der Waals surface area contributed by atoms with Crippen molar-refractivity contribution in [3.63, 3.8) is 0 Å². The molecule has 0 aromatic heterocycles. The Hall–Kier alpha value is -3.88. The fraction of sp³-hybridized carbons (Fsp3) is 0.448. The van der Waals surface area contributed by atoms with Crippen LogP contribution < -0.4 is 10.6 Å². The molecule has 5 rings (SSSR count). The molecular formula is C29H34N4O5. The molecule has 3 aliphatic heterocycles. The third kappa shape index (κ3) is 5.66. The van der Waals surface area contributed by atoms with Crippen LogP contribution in [0.2, 0.25) is 0 Å². The largest absolute Gasteiger partial charge is 0.508 e. The summed E-state index contributed by atoms with van der Waals surface area (Å²) in [6.45, 7) is 0.908. The van der Waals surface area contributed by atoms with Gasteiger partial charge in [0, 0.05) is 32.0 Å². The number of carbonyl (C=O) groups is 4. The molecule has 0 saturated carbocycles. The van der Waals surface area contributed by atoms with Crippen LogP contribution in [0.15, 0.2) is 54.6 Å². The van der Waals surface area contributed by atoms with Crippen LogP contribution >= 0.6 is 0 Å². The van der Waals surface area contributed by atoms with E-state index < -0.39 is 24.2 Å². The van der Waals surface area contributed by atoms with Gasteiger partial charge < -0.3 is 25.5 Å². The van der Waals surface area contributed by atoms with Crippen LogP contribution in [-0.2, 0) is 32.0 Å². The van der Waals surface area contributed by atoms with Gasteiger partial charge in [0.1, 0.15) is 23.9 Å². The number of amides is 4. The average Bonchev–Trinajstić information content (AvgIpc) is 3.59. The maximum Gasteiger partial charge on any atom is 0.246 e. The number of aromatic hydroxyl groups is 1. The van der Waals surface area contributed by atoms with Crippen LogP contribution in [0.3, 0.4) is 0 Å². The average molecular weight is 519 g/mol. The van der Waals surface area contributed by atoms with Gasteiger partial charge in [0.15, 0.2) is 0 Å². The molecule has 38 heavy (non-hydrogen) atoms. The van der Waals surface area contributed by atoms with E-state index in [4.69, 9.17) is 0 Å². The van der Waals surface area contributed by atoms with E-state index in [-0.39, 0.29) is 42.2 Å². The van der Waals surface area contributed by atoms with Crippen LogP contribution in [0.4, 0.5) is 0 Å². The van der Waals surface area contributed by atoms with Crippen LogP contribution in [0.1, 0.15) is 43.2 Å². The molecule has 3 aliphatic rings. The lowest BCUT2D eigenvalue weighted by molar-refractivity contribution is -0.147. The fourth-order valence-electron chi connectivity index (χ4n) is 5.90. The fourth-order valence-corrected chi connectivity index (χ4v) is 5.90. The van der Waals surface area contributed by atoms with Crippen molar-refractivity contribution in [3.8, 4) is 5.75 Å². The molecule has 9 nitrogen and oxygen atoms in total.